The number of halogens is 3. The van der Waals surface area contributed by atoms with Crippen molar-refractivity contribution in [1.29, 1.82) is 0 Å². The summed E-state index contributed by atoms with van der Waals surface area (Å²) in [6, 6.07) is -1.09. The van der Waals surface area contributed by atoms with Crippen LogP contribution in [0.15, 0.2) is 0 Å². The van der Waals surface area contributed by atoms with E-state index in [2.05, 4.69) is 5.32 Å². The predicted octanol–water partition coefficient (Wildman–Crippen LogP) is 0.767. The van der Waals surface area contributed by atoms with Gasteiger partial charge in [0.2, 0.25) is 11.8 Å². The molecule has 0 saturated carbocycles. The molecule has 0 spiro atoms. The molecule has 0 aromatic rings. The van der Waals surface area contributed by atoms with Crippen LogP contribution >= 0.6 is 0 Å². The van der Waals surface area contributed by atoms with E-state index in [4.69, 9.17) is 5.11 Å². The first-order valence-electron chi connectivity index (χ1n) is 6.51. The third-order valence-electron chi connectivity index (χ3n) is 3.15. The van der Waals surface area contributed by atoms with Crippen molar-refractivity contribution in [2.24, 2.45) is 5.92 Å². The molecular formula is C12H17F3N2O4. The summed E-state index contributed by atoms with van der Waals surface area (Å²) in [7, 11) is 0. The number of likely N-dealkylation sites (tertiary alicyclic amines) is 1. The van der Waals surface area contributed by atoms with Gasteiger partial charge in [-0.2, -0.15) is 13.2 Å². The van der Waals surface area contributed by atoms with Crippen LogP contribution in [0.4, 0.5) is 13.2 Å². The van der Waals surface area contributed by atoms with Gasteiger partial charge in [0.15, 0.2) is 0 Å². The first kappa shape index (κ1) is 17.3. The van der Waals surface area contributed by atoms with E-state index in [1.807, 2.05) is 0 Å². The van der Waals surface area contributed by atoms with Crippen molar-refractivity contribution < 1.29 is 32.7 Å². The fourth-order valence-corrected chi connectivity index (χ4v) is 2.15. The van der Waals surface area contributed by atoms with Crippen molar-refractivity contribution in [1.82, 2.24) is 10.2 Å². The lowest BCUT2D eigenvalue weighted by molar-refractivity contribution is -0.157. The normalized spacial score (nSPS) is 20.5. The number of aliphatic carboxylic acids is 1. The molecule has 21 heavy (non-hydrogen) atoms. The number of alkyl halides is 3. The van der Waals surface area contributed by atoms with Crippen LogP contribution in [0.3, 0.4) is 0 Å². The molecule has 1 heterocycles. The monoisotopic (exact) mass is 310 g/mol. The van der Waals surface area contributed by atoms with Gasteiger partial charge < -0.3 is 15.3 Å². The van der Waals surface area contributed by atoms with Crippen molar-refractivity contribution in [3.05, 3.63) is 0 Å². The molecule has 0 aromatic carbocycles. The van der Waals surface area contributed by atoms with Crippen molar-refractivity contribution in [3.63, 3.8) is 0 Å². The van der Waals surface area contributed by atoms with Crippen molar-refractivity contribution in [3.8, 4) is 0 Å². The number of carbonyl (C=O) groups excluding carboxylic acids is 2. The summed E-state index contributed by atoms with van der Waals surface area (Å²) >= 11 is 0. The highest BCUT2D eigenvalue weighted by molar-refractivity contribution is 5.91. The Balaban J connectivity index is 2.60. The average Bonchev–Trinajstić information content (AvgIpc) is 2.68. The number of hydrogen-bond acceptors (Lipinski definition) is 3. The van der Waals surface area contributed by atoms with E-state index in [9.17, 15) is 27.6 Å². The molecule has 0 unspecified atom stereocenters. The predicted molar refractivity (Wildman–Crippen MR) is 65.2 cm³/mol. The van der Waals surface area contributed by atoms with Crippen LogP contribution in [-0.2, 0) is 14.4 Å². The molecule has 2 N–H and O–H groups in total. The van der Waals surface area contributed by atoms with Crippen molar-refractivity contribution >= 4 is 17.8 Å². The van der Waals surface area contributed by atoms with Crippen LogP contribution in [0.1, 0.15) is 26.2 Å². The highest BCUT2D eigenvalue weighted by atomic mass is 19.4. The number of carboxylic acid groups (broad SMARTS) is 1. The smallest absolute Gasteiger partial charge is 0.406 e. The maximum Gasteiger partial charge on any atom is 0.406 e. The lowest BCUT2D eigenvalue weighted by Gasteiger charge is -2.19. The number of carbonyl (C=O) groups is 3. The van der Waals surface area contributed by atoms with Gasteiger partial charge in [0.05, 0.1) is 5.92 Å². The Morgan fingerprint density at radius 2 is 2.10 bits per heavy atom. The minimum atomic E-state index is -4.52. The lowest BCUT2D eigenvalue weighted by atomic mass is 10.1. The fourth-order valence-electron chi connectivity index (χ4n) is 2.15. The van der Waals surface area contributed by atoms with Gasteiger partial charge in [-0.25, -0.2) is 4.79 Å². The highest BCUT2D eigenvalue weighted by Gasteiger charge is 2.41. The molecule has 0 radical (unpaired) electrons. The first-order chi connectivity index (χ1) is 9.64. The highest BCUT2D eigenvalue weighted by Crippen LogP contribution is 2.24. The van der Waals surface area contributed by atoms with E-state index >= 15 is 0 Å². The van der Waals surface area contributed by atoms with E-state index in [0.717, 1.165) is 0 Å². The molecule has 1 fully saturated rings. The Bertz CT molecular complexity index is 425. The molecular weight excluding hydrogens is 293 g/mol. The molecule has 1 rings (SSSR count). The average molecular weight is 310 g/mol. The Kier molecular flexibility index (Phi) is 5.56. The molecule has 1 aliphatic rings. The zero-order chi connectivity index (χ0) is 16.2. The van der Waals surface area contributed by atoms with Gasteiger partial charge in [-0.15, -0.1) is 0 Å². The quantitative estimate of drug-likeness (QED) is 0.758. The maximum atomic E-state index is 12.3. The Morgan fingerprint density at radius 1 is 1.48 bits per heavy atom. The van der Waals surface area contributed by atoms with E-state index in [0.29, 0.717) is 11.3 Å². The van der Waals surface area contributed by atoms with Crippen LogP contribution in [0.25, 0.3) is 0 Å². The number of hydrogen-bond donors (Lipinski definition) is 2. The molecule has 2 amide bonds. The Hall–Kier alpha value is -1.80. The number of nitrogens with zero attached hydrogens (tertiary/aromatic N) is 1. The van der Waals surface area contributed by atoms with Gasteiger partial charge in [0, 0.05) is 13.0 Å². The van der Waals surface area contributed by atoms with Crippen LogP contribution in [0, 0.1) is 5.92 Å². The molecule has 6 nitrogen and oxygen atoms in total. The second-order valence-electron chi connectivity index (χ2n) is 4.98. The lowest BCUT2D eigenvalue weighted by Crippen LogP contribution is -2.44. The van der Waals surface area contributed by atoms with Gasteiger partial charge in [-0.3, -0.25) is 9.59 Å². The fraction of sp³-hybridized carbons (Fsp3) is 0.750. The minimum absolute atomic E-state index is 0.216. The zero-order valence-electron chi connectivity index (χ0n) is 11.4. The summed E-state index contributed by atoms with van der Waals surface area (Å²) in [6.45, 7) is 0.00182. The van der Waals surface area contributed by atoms with Crippen LogP contribution in [0.2, 0.25) is 0 Å². The summed E-state index contributed by atoms with van der Waals surface area (Å²) in [6.07, 6.45) is -4.11. The van der Waals surface area contributed by atoms with E-state index in [-0.39, 0.29) is 19.4 Å². The Morgan fingerprint density at radius 3 is 2.57 bits per heavy atom. The molecule has 2 atom stereocenters. The topological polar surface area (TPSA) is 86.7 Å². The standard InChI is InChI=1S/C12H17F3N2O4/c1-2-3-8(11(20)21)16-10(19)7-4-9(18)17(5-7)6-12(13,14)15/h7-8H,2-6H2,1H3,(H,16,19)(H,20,21)/t7-,8+/m0/s1. The van der Waals surface area contributed by atoms with Crippen LogP contribution < -0.4 is 5.32 Å². The molecule has 0 aliphatic carbocycles. The van der Waals surface area contributed by atoms with E-state index < -0.39 is 42.5 Å². The van der Waals surface area contributed by atoms with Gasteiger partial charge in [0.25, 0.3) is 0 Å². The molecule has 0 aromatic heterocycles. The number of nitrogens with one attached hydrogen (secondary N) is 1. The summed E-state index contributed by atoms with van der Waals surface area (Å²) in [5, 5.41) is 11.2. The molecule has 9 heteroatoms. The van der Waals surface area contributed by atoms with Crippen LogP contribution in [0.5, 0.6) is 0 Å². The third-order valence-corrected chi connectivity index (χ3v) is 3.15. The van der Waals surface area contributed by atoms with Crippen molar-refractivity contribution in [2.75, 3.05) is 13.1 Å². The van der Waals surface area contributed by atoms with Gasteiger partial charge >= 0.3 is 12.1 Å². The van der Waals surface area contributed by atoms with Gasteiger partial charge in [-0.05, 0) is 6.42 Å². The second kappa shape index (κ2) is 6.77. The minimum Gasteiger partial charge on any atom is -0.480 e. The molecule has 1 saturated heterocycles. The maximum absolute atomic E-state index is 12.3. The summed E-state index contributed by atoms with van der Waals surface area (Å²) in [5.41, 5.74) is 0. The molecule has 0 bridgehead atoms. The second-order valence-corrected chi connectivity index (χ2v) is 4.98. The van der Waals surface area contributed by atoms with E-state index in [1.54, 1.807) is 6.92 Å². The molecule has 1 aliphatic heterocycles. The van der Waals surface area contributed by atoms with Crippen LogP contribution in [-0.4, -0.2) is 53.1 Å². The van der Waals surface area contributed by atoms with E-state index in [1.165, 1.54) is 0 Å². The largest absolute Gasteiger partial charge is 0.480 e. The first-order valence-corrected chi connectivity index (χ1v) is 6.51. The summed E-state index contributed by atoms with van der Waals surface area (Å²) in [4.78, 5) is 34.8. The number of carboxylic acids is 1. The zero-order valence-corrected chi connectivity index (χ0v) is 11.4. The van der Waals surface area contributed by atoms with Crippen molar-refractivity contribution in [2.45, 2.75) is 38.4 Å². The Labute approximate surface area is 119 Å². The number of amides is 2. The molecule has 120 valence electrons. The summed E-state index contributed by atoms with van der Waals surface area (Å²) in [5.74, 6) is -3.61. The van der Waals surface area contributed by atoms with Gasteiger partial charge in [0.1, 0.15) is 12.6 Å². The third kappa shape index (κ3) is 5.24. The number of rotatable bonds is 6. The summed E-state index contributed by atoms with van der Waals surface area (Å²) < 4.78 is 36.8. The van der Waals surface area contributed by atoms with Gasteiger partial charge in [-0.1, -0.05) is 13.3 Å². The SMILES string of the molecule is CCC[C@@H](NC(=O)[C@H]1CC(=O)N(CC(F)(F)F)C1)C(=O)O.